The molecule has 18 heavy (non-hydrogen) atoms. The number of likely N-dealkylation sites (tertiary alicyclic amines) is 1. The molecule has 0 bridgehead atoms. The number of hydrogen-bond donors (Lipinski definition) is 1. The van der Waals surface area contributed by atoms with Gasteiger partial charge in [-0.1, -0.05) is 20.8 Å². The summed E-state index contributed by atoms with van der Waals surface area (Å²) >= 11 is 1.75. The highest BCUT2D eigenvalue weighted by Crippen LogP contribution is 2.28. The molecule has 2 aliphatic rings. The molecule has 0 aromatic carbocycles. The molecule has 3 nitrogen and oxygen atoms in total. The van der Waals surface area contributed by atoms with Crippen LogP contribution in [0.4, 0.5) is 0 Å². The molecular formula is C13H25ClN2OS. The van der Waals surface area contributed by atoms with Crippen molar-refractivity contribution in [2.45, 2.75) is 31.9 Å². The van der Waals surface area contributed by atoms with Crippen molar-refractivity contribution >= 4 is 30.1 Å². The summed E-state index contributed by atoms with van der Waals surface area (Å²) in [4.78, 5) is 14.2. The summed E-state index contributed by atoms with van der Waals surface area (Å²) in [5, 5.41) is 3.44. The van der Waals surface area contributed by atoms with Crippen molar-refractivity contribution in [3.63, 3.8) is 0 Å². The van der Waals surface area contributed by atoms with Crippen molar-refractivity contribution in [1.82, 2.24) is 10.2 Å². The van der Waals surface area contributed by atoms with Crippen LogP contribution in [-0.2, 0) is 4.79 Å². The summed E-state index contributed by atoms with van der Waals surface area (Å²) < 4.78 is 0.183. The first-order chi connectivity index (χ1) is 7.96. The van der Waals surface area contributed by atoms with Crippen LogP contribution in [0, 0.1) is 11.8 Å². The molecule has 2 rings (SSSR count). The fraction of sp³-hybridized carbons (Fsp3) is 0.923. The largest absolute Gasteiger partial charge is 0.342 e. The Kier molecular flexibility index (Phi) is 5.81. The first-order valence-corrected chi connectivity index (χ1v) is 7.57. The second-order valence-electron chi connectivity index (χ2n) is 6.21. The third-order valence-electron chi connectivity index (χ3n) is 3.69. The van der Waals surface area contributed by atoms with Gasteiger partial charge in [-0.3, -0.25) is 4.79 Å². The number of nitrogens with zero attached hydrogens (tertiary/aromatic N) is 1. The average Bonchev–Trinajstić information content (AvgIpc) is 2.71. The van der Waals surface area contributed by atoms with Gasteiger partial charge in [0.1, 0.15) is 0 Å². The molecule has 2 unspecified atom stereocenters. The molecule has 0 radical (unpaired) electrons. The standard InChI is InChI=1S/C13H24N2OS.ClH/c1-13(2,3)17-9-12(16)15-5-4-10-6-14-7-11(10)8-15;/h10-11,14H,4-9H2,1-3H3;1H. The van der Waals surface area contributed by atoms with Crippen LogP contribution in [0.1, 0.15) is 27.2 Å². The number of halogens is 1. The molecule has 2 atom stereocenters. The molecule has 106 valence electrons. The number of fused-ring (bicyclic) bond motifs is 1. The zero-order chi connectivity index (χ0) is 12.5. The highest BCUT2D eigenvalue weighted by atomic mass is 35.5. The molecule has 2 aliphatic heterocycles. The maximum absolute atomic E-state index is 12.1. The minimum absolute atomic E-state index is 0. The number of thioether (sulfide) groups is 1. The minimum Gasteiger partial charge on any atom is -0.342 e. The number of carbonyl (C=O) groups excluding carboxylic acids is 1. The SMILES string of the molecule is CC(C)(C)SCC(=O)N1CCC2CNCC2C1.Cl. The van der Waals surface area contributed by atoms with E-state index in [0.717, 1.165) is 32.1 Å². The van der Waals surface area contributed by atoms with Crippen molar-refractivity contribution in [3.05, 3.63) is 0 Å². The van der Waals surface area contributed by atoms with Gasteiger partial charge in [0.15, 0.2) is 0 Å². The smallest absolute Gasteiger partial charge is 0.232 e. The monoisotopic (exact) mass is 292 g/mol. The van der Waals surface area contributed by atoms with Crippen LogP contribution < -0.4 is 5.32 Å². The van der Waals surface area contributed by atoms with E-state index < -0.39 is 0 Å². The number of rotatable bonds is 2. The van der Waals surface area contributed by atoms with Crippen LogP contribution in [0.3, 0.4) is 0 Å². The fourth-order valence-electron chi connectivity index (χ4n) is 2.63. The maximum atomic E-state index is 12.1. The Labute approximate surface area is 121 Å². The average molecular weight is 293 g/mol. The van der Waals surface area contributed by atoms with E-state index in [-0.39, 0.29) is 17.2 Å². The van der Waals surface area contributed by atoms with E-state index in [1.165, 1.54) is 6.42 Å². The van der Waals surface area contributed by atoms with Gasteiger partial charge < -0.3 is 10.2 Å². The van der Waals surface area contributed by atoms with Crippen molar-refractivity contribution in [1.29, 1.82) is 0 Å². The lowest BCUT2D eigenvalue weighted by Crippen LogP contribution is -2.44. The summed E-state index contributed by atoms with van der Waals surface area (Å²) in [6, 6.07) is 0. The van der Waals surface area contributed by atoms with Gasteiger partial charge in [0.2, 0.25) is 5.91 Å². The first-order valence-electron chi connectivity index (χ1n) is 6.58. The molecule has 0 aromatic rings. The quantitative estimate of drug-likeness (QED) is 0.845. The molecule has 0 aromatic heterocycles. The van der Waals surface area contributed by atoms with E-state index in [2.05, 4.69) is 31.0 Å². The second kappa shape index (κ2) is 6.49. The normalized spacial score (nSPS) is 27.6. The summed E-state index contributed by atoms with van der Waals surface area (Å²) in [6.45, 7) is 10.7. The predicted molar refractivity (Wildman–Crippen MR) is 80.5 cm³/mol. The van der Waals surface area contributed by atoms with Gasteiger partial charge in [-0.25, -0.2) is 0 Å². The Balaban J connectivity index is 0.00000162. The molecule has 1 amide bonds. The van der Waals surface area contributed by atoms with Crippen LogP contribution in [0.5, 0.6) is 0 Å². The van der Waals surface area contributed by atoms with Crippen LogP contribution in [0.15, 0.2) is 0 Å². The molecule has 1 N–H and O–H groups in total. The zero-order valence-corrected chi connectivity index (χ0v) is 13.2. The number of carbonyl (C=O) groups is 1. The zero-order valence-electron chi connectivity index (χ0n) is 11.6. The minimum atomic E-state index is 0. The van der Waals surface area contributed by atoms with Crippen LogP contribution in [-0.4, -0.2) is 47.5 Å². The number of nitrogens with one attached hydrogen (secondary N) is 1. The fourth-order valence-corrected chi connectivity index (χ4v) is 3.37. The van der Waals surface area contributed by atoms with Gasteiger partial charge in [-0.15, -0.1) is 24.2 Å². The second-order valence-corrected chi connectivity index (χ2v) is 8.01. The summed E-state index contributed by atoms with van der Waals surface area (Å²) in [5.74, 6) is 2.48. The van der Waals surface area contributed by atoms with Crippen molar-refractivity contribution in [2.24, 2.45) is 11.8 Å². The van der Waals surface area contributed by atoms with Crippen molar-refractivity contribution in [2.75, 3.05) is 31.9 Å². The lowest BCUT2D eigenvalue weighted by Gasteiger charge is -2.35. The van der Waals surface area contributed by atoms with Gasteiger partial charge in [0.05, 0.1) is 5.75 Å². The van der Waals surface area contributed by atoms with E-state index in [1.807, 2.05) is 0 Å². The number of hydrogen-bond acceptors (Lipinski definition) is 3. The molecule has 0 spiro atoms. The van der Waals surface area contributed by atoms with Gasteiger partial charge in [-0.2, -0.15) is 0 Å². The molecule has 2 heterocycles. The van der Waals surface area contributed by atoms with Crippen LogP contribution in [0.25, 0.3) is 0 Å². The van der Waals surface area contributed by atoms with Gasteiger partial charge in [0.25, 0.3) is 0 Å². The summed E-state index contributed by atoms with van der Waals surface area (Å²) in [6.07, 6.45) is 1.18. The predicted octanol–water partition coefficient (Wildman–Crippen LogP) is 2.01. The van der Waals surface area contributed by atoms with E-state index in [0.29, 0.717) is 17.6 Å². The molecule has 2 fully saturated rings. The molecule has 2 saturated heterocycles. The van der Waals surface area contributed by atoms with Gasteiger partial charge in [0, 0.05) is 17.8 Å². The first kappa shape index (κ1) is 16.1. The van der Waals surface area contributed by atoms with Crippen LogP contribution in [0.2, 0.25) is 0 Å². The highest BCUT2D eigenvalue weighted by molar-refractivity contribution is 8.01. The highest BCUT2D eigenvalue weighted by Gasteiger charge is 2.34. The summed E-state index contributed by atoms with van der Waals surface area (Å²) in [5.41, 5.74) is 0. The molecule has 0 aliphatic carbocycles. The molecule has 5 heteroatoms. The lowest BCUT2D eigenvalue weighted by atomic mass is 9.89. The topological polar surface area (TPSA) is 32.3 Å². The maximum Gasteiger partial charge on any atom is 0.232 e. The van der Waals surface area contributed by atoms with Crippen LogP contribution >= 0.6 is 24.2 Å². The van der Waals surface area contributed by atoms with E-state index in [1.54, 1.807) is 11.8 Å². The molecule has 0 saturated carbocycles. The third kappa shape index (κ3) is 4.32. The van der Waals surface area contributed by atoms with E-state index >= 15 is 0 Å². The third-order valence-corrected chi connectivity index (χ3v) is 4.94. The van der Waals surface area contributed by atoms with E-state index in [9.17, 15) is 4.79 Å². The number of piperidine rings is 1. The van der Waals surface area contributed by atoms with Crippen molar-refractivity contribution < 1.29 is 4.79 Å². The molecular weight excluding hydrogens is 268 g/mol. The van der Waals surface area contributed by atoms with Gasteiger partial charge in [-0.05, 0) is 31.3 Å². The Morgan fingerprint density at radius 3 is 2.67 bits per heavy atom. The van der Waals surface area contributed by atoms with E-state index in [4.69, 9.17) is 0 Å². The lowest BCUT2D eigenvalue weighted by molar-refractivity contribution is -0.130. The number of amides is 1. The van der Waals surface area contributed by atoms with Crippen molar-refractivity contribution in [3.8, 4) is 0 Å². The summed E-state index contributed by atoms with van der Waals surface area (Å²) in [7, 11) is 0. The Bertz CT molecular complexity index is 293. The Morgan fingerprint density at radius 2 is 2.00 bits per heavy atom. The Hall–Kier alpha value is 0.0700. The van der Waals surface area contributed by atoms with Gasteiger partial charge >= 0.3 is 0 Å². The Morgan fingerprint density at radius 1 is 1.33 bits per heavy atom.